The van der Waals surface area contributed by atoms with E-state index in [9.17, 15) is 31.1 Å². The van der Waals surface area contributed by atoms with Gasteiger partial charge in [-0.1, -0.05) is 6.92 Å². The van der Waals surface area contributed by atoms with E-state index in [0.29, 0.717) is 0 Å². The fourth-order valence-electron chi connectivity index (χ4n) is 0.873. The van der Waals surface area contributed by atoms with Crippen LogP contribution in [-0.4, -0.2) is 40.9 Å². The van der Waals surface area contributed by atoms with Crippen molar-refractivity contribution in [3.05, 3.63) is 0 Å². The largest absolute Gasteiger partial charge is 0.395 e. The lowest BCUT2D eigenvalue weighted by Gasteiger charge is -2.29. The summed E-state index contributed by atoms with van der Waals surface area (Å²) in [6.07, 6.45) is -0.0544. The quantitative estimate of drug-likeness (QED) is 0.582. The molecule has 1 amide bonds. The van der Waals surface area contributed by atoms with Crippen molar-refractivity contribution >= 4 is 17.5 Å². The second-order valence-corrected chi connectivity index (χ2v) is 3.88. The second kappa shape index (κ2) is 5.52. The summed E-state index contributed by atoms with van der Waals surface area (Å²) in [5.41, 5.74) is 0. The Morgan fingerprint density at radius 3 is 2.00 bits per heavy atom. The average molecular weight is 302 g/mol. The minimum absolute atomic E-state index is 0.0544. The predicted molar refractivity (Wildman–Crippen MR) is 50.0 cm³/mol. The van der Waals surface area contributed by atoms with Crippen LogP contribution < -0.4 is 5.32 Å². The Hall–Kier alpha value is -0.700. The highest BCUT2D eigenvalue weighted by molar-refractivity contribution is 6.22. The number of carbonyl (C=O) groups is 1. The molecule has 0 aliphatic rings. The Kier molecular flexibility index (Phi) is 5.30. The molecule has 0 rings (SSSR count). The standard InChI is InChI=1S/C8H10ClF6NO2/c1-2-4(3-17)16-5(18)6(10,11)7(12,13)8(9,14)15/h4,17H,2-3H2,1H3,(H,16,18). The van der Waals surface area contributed by atoms with Crippen molar-refractivity contribution in [3.8, 4) is 0 Å². The average Bonchev–Trinajstić information content (AvgIpc) is 2.23. The maximum absolute atomic E-state index is 12.9. The Morgan fingerprint density at radius 1 is 1.28 bits per heavy atom. The van der Waals surface area contributed by atoms with Crippen molar-refractivity contribution in [2.75, 3.05) is 6.61 Å². The third kappa shape index (κ3) is 3.19. The van der Waals surface area contributed by atoms with Gasteiger partial charge in [0.05, 0.1) is 12.6 Å². The summed E-state index contributed by atoms with van der Waals surface area (Å²) in [6, 6.07) is -1.25. The minimum atomic E-state index is -6.06. The van der Waals surface area contributed by atoms with Crippen molar-refractivity contribution in [2.24, 2.45) is 0 Å². The Morgan fingerprint density at radius 2 is 1.72 bits per heavy atom. The van der Waals surface area contributed by atoms with E-state index < -0.39 is 35.8 Å². The van der Waals surface area contributed by atoms with Crippen LogP contribution in [0.2, 0.25) is 0 Å². The molecule has 0 bridgehead atoms. The van der Waals surface area contributed by atoms with Crippen LogP contribution in [0.5, 0.6) is 0 Å². The molecule has 0 radical (unpaired) electrons. The Labute approximate surface area is 103 Å². The van der Waals surface area contributed by atoms with E-state index in [2.05, 4.69) is 11.6 Å². The molecule has 18 heavy (non-hydrogen) atoms. The van der Waals surface area contributed by atoms with Gasteiger partial charge in [0.1, 0.15) is 0 Å². The predicted octanol–water partition coefficient (Wildman–Crippen LogP) is 1.98. The number of aliphatic hydroxyl groups excluding tert-OH is 1. The zero-order valence-electron chi connectivity index (χ0n) is 8.99. The Balaban J connectivity index is 5.09. The molecule has 108 valence electrons. The molecule has 3 nitrogen and oxygen atoms in total. The van der Waals surface area contributed by atoms with Gasteiger partial charge in [0, 0.05) is 0 Å². The van der Waals surface area contributed by atoms with Crippen LogP contribution in [0.25, 0.3) is 0 Å². The zero-order chi connectivity index (χ0) is 14.8. The van der Waals surface area contributed by atoms with Gasteiger partial charge in [0.15, 0.2) is 0 Å². The van der Waals surface area contributed by atoms with Crippen molar-refractivity contribution in [1.29, 1.82) is 0 Å². The van der Waals surface area contributed by atoms with Gasteiger partial charge in [-0.2, -0.15) is 26.3 Å². The van der Waals surface area contributed by atoms with Crippen LogP contribution in [-0.2, 0) is 4.79 Å². The minimum Gasteiger partial charge on any atom is -0.394 e. The molecule has 0 aliphatic carbocycles. The van der Waals surface area contributed by atoms with Gasteiger partial charge in [-0.3, -0.25) is 4.79 Å². The summed E-state index contributed by atoms with van der Waals surface area (Å²) in [5, 5.41) is 4.32. The van der Waals surface area contributed by atoms with E-state index in [1.165, 1.54) is 12.2 Å². The lowest BCUT2D eigenvalue weighted by atomic mass is 10.1. The molecule has 0 heterocycles. The molecule has 1 atom stereocenters. The normalized spacial score (nSPS) is 15.4. The first kappa shape index (κ1) is 17.3. The molecule has 0 saturated heterocycles. The highest BCUT2D eigenvalue weighted by atomic mass is 35.5. The van der Waals surface area contributed by atoms with Crippen LogP contribution in [0, 0.1) is 0 Å². The summed E-state index contributed by atoms with van der Waals surface area (Å²) in [4.78, 5) is 10.8. The van der Waals surface area contributed by atoms with Gasteiger partial charge in [-0.05, 0) is 18.0 Å². The van der Waals surface area contributed by atoms with E-state index >= 15 is 0 Å². The molecule has 0 aromatic heterocycles. The van der Waals surface area contributed by atoms with E-state index in [0.717, 1.165) is 0 Å². The topological polar surface area (TPSA) is 49.3 Å². The van der Waals surface area contributed by atoms with Gasteiger partial charge in [0.25, 0.3) is 5.91 Å². The summed E-state index contributed by atoms with van der Waals surface area (Å²) >= 11 is 3.87. The zero-order valence-corrected chi connectivity index (χ0v) is 9.75. The van der Waals surface area contributed by atoms with Crippen molar-refractivity contribution in [3.63, 3.8) is 0 Å². The summed E-state index contributed by atoms with van der Waals surface area (Å²) in [6.45, 7) is 0.550. The first-order valence-electron chi connectivity index (χ1n) is 4.66. The summed E-state index contributed by atoms with van der Waals surface area (Å²) < 4.78 is 75.5. The molecular formula is C8H10ClF6NO2. The summed E-state index contributed by atoms with van der Waals surface area (Å²) in [5.74, 6) is -14.4. The number of nitrogens with one attached hydrogen (secondary N) is 1. The van der Waals surface area contributed by atoms with Crippen LogP contribution in [0.3, 0.4) is 0 Å². The van der Waals surface area contributed by atoms with E-state index in [1.807, 2.05) is 0 Å². The lowest BCUT2D eigenvalue weighted by Crippen LogP contribution is -2.60. The molecular weight excluding hydrogens is 292 g/mol. The molecule has 0 saturated carbocycles. The molecule has 0 spiro atoms. The highest BCUT2D eigenvalue weighted by Crippen LogP contribution is 2.47. The van der Waals surface area contributed by atoms with E-state index in [-0.39, 0.29) is 6.42 Å². The van der Waals surface area contributed by atoms with Crippen LogP contribution in [0.4, 0.5) is 26.3 Å². The highest BCUT2D eigenvalue weighted by Gasteiger charge is 2.74. The van der Waals surface area contributed by atoms with Crippen LogP contribution >= 0.6 is 11.6 Å². The van der Waals surface area contributed by atoms with Gasteiger partial charge >= 0.3 is 17.2 Å². The Bertz CT molecular complexity index is 302. The summed E-state index contributed by atoms with van der Waals surface area (Å²) in [7, 11) is 0. The van der Waals surface area contributed by atoms with E-state index in [1.54, 1.807) is 0 Å². The number of hydrogen-bond acceptors (Lipinski definition) is 2. The third-order valence-electron chi connectivity index (χ3n) is 2.08. The molecule has 10 heteroatoms. The molecule has 0 aromatic rings. The molecule has 2 N–H and O–H groups in total. The number of carbonyl (C=O) groups excluding carboxylic acids is 1. The third-order valence-corrected chi connectivity index (χ3v) is 2.32. The number of rotatable bonds is 6. The SMILES string of the molecule is CCC(CO)NC(=O)C(F)(F)C(F)(F)C(F)(F)Cl. The maximum Gasteiger partial charge on any atom is 0.395 e. The monoisotopic (exact) mass is 301 g/mol. The first-order valence-corrected chi connectivity index (χ1v) is 5.03. The number of halogens is 7. The number of alkyl halides is 7. The number of hydrogen-bond donors (Lipinski definition) is 2. The molecule has 0 fully saturated rings. The van der Waals surface area contributed by atoms with Crippen molar-refractivity contribution in [1.82, 2.24) is 5.32 Å². The van der Waals surface area contributed by atoms with Gasteiger partial charge < -0.3 is 10.4 Å². The van der Waals surface area contributed by atoms with Crippen LogP contribution in [0.1, 0.15) is 13.3 Å². The van der Waals surface area contributed by atoms with E-state index in [4.69, 9.17) is 5.11 Å². The maximum atomic E-state index is 12.9. The fourth-order valence-corrected chi connectivity index (χ4v) is 0.992. The number of amides is 1. The smallest absolute Gasteiger partial charge is 0.394 e. The number of aliphatic hydroxyl groups is 1. The van der Waals surface area contributed by atoms with Crippen molar-refractivity contribution in [2.45, 2.75) is 36.6 Å². The van der Waals surface area contributed by atoms with Gasteiger partial charge in [-0.15, -0.1) is 0 Å². The lowest BCUT2D eigenvalue weighted by molar-refractivity contribution is -0.269. The molecule has 0 aliphatic heterocycles. The fraction of sp³-hybridized carbons (Fsp3) is 0.875. The van der Waals surface area contributed by atoms with Gasteiger partial charge in [0.2, 0.25) is 0 Å². The molecule has 0 aromatic carbocycles. The second-order valence-electron chi connectivity index (χ2n) is 3.41. The first-order chi connectivity index (χ1) is 7.91. The van der Waals surface area contributed by atoms with Crippen LogP contribution in [0.15, 0.2) is 0 Å². The van der Waals surface area contributed by atoms with Gasteiger partial charge in [-0.25, -0.2) is 0 Å². The van der Waals surface area contributed by atoms with Crippen molar-refractivity contribution < 1.29 is 36.2 Å². The molecule has 1 unspecified atom stereocenters.